The molecule has 114 heavy (non-hydrogen) atoms. The number of carbonyl (C=O) groups excluding carboxylic acids is 12. The molecule has 2 bridgehead atoms. The van der Waals surface area contributed by atoms with Gasteiger partial charge in [-0.3, -0.25) is 62.3 Å². The minimum atomic E-state index is -2.12. The summed E-state index contributed by atoms with van der Waals surface area (Å²) in [6.45, 7) is 13.1. The highest BCUT2D eigenvalue weighted by atomic mass is 32.2. The standard InChI is InChI=1S/C78H125N17O17S2/c1-8-12-53-67(103)87-55(25-26-62(100)101)68(104)88-56(33-44-17-21-50(97)22-18-44)70(106)86-54(13-9-2)69(105)94-63(43(3)96)74(110)91-60(65(80)102)41-114-40-47-15-10-14-46(32-47)39-113-31-27-61(99)93-64(77(4,5)6)75(111)90-57(34-45-19-23-51(98)24-20-45)71(107)89-59(36-49-38-81-42-84-49)73(109)95-78(7,28-29-79)76(112)92-58(72(108)85-53)35-48-37-83-66-52(48)16-11-30-82-66/h10,14-15,32,43-45,48-60,63-64,66,81-84,96-98H,8-9,11-13,16-28,30-31,33-42H2,1-7H3,(H2,80,102)(H,85,108)(H,86,106)(H,87,103)(H,88,104)(H,89,107)(H,90,111)(H,91,110)(H,92,112)(H,93,99)(H,94,105)(H,95,109)(H,100,101)/t43-,44?,45?,48?,49?,50?,51?,52?,53+,54+,55+,56+,57+,58+,59+,60+,63+,64-,66?,78+/m1/s1. The fourth-order valence-corrected chi connectivity index (χ4v) is 17.6. The van der Waals surface area contributed by atoms with E-state index in [4.69, 9.17) is 5.73 Å². The van der Waals surface area contributed by atoms with Crippen molar-refractivity contribution in [2.45, 2.75) is 298 Å². The topological polar surface area (TPSA) is 533 Å². The van der Waals surface area contributed by atoms with Crippen molar-refractivity contribution in [2.24, 2.45) is 34.8 Å². The second kappa shape index (κ2) is 45.7. The number of hydrogen-bond acceptors (Lipinski definition) is 23. The van der Waals surface area contributed by atoms with Gasteiger partial charge in [0.25, 0.3) is 0 Å². The fourth-order valence-electron chi connectivity index (χ4n) is 15.7. The number of nitrogens with one attached hydrogen (secondary N) is 15. The third-order valence-corrected chi connectivity index (χ3v) is 24.6. The van der Waals surface area contributed by atoms with E-state index in [1.54, 1.807) is 34.6 Å². The number of aliphatic hydroxyl groups is 3. The largest absolute Gasteiger partial charge is 0.481 e. The summed E-state index contributed by atoms with van der Waals surface area (Å²) >= 11 is 2.74. The van der Waals surface area contributed by atoms with Gasteiger partial charge in [-0.15, -0.1) is 0 Å². The number of carboxylic acids is 1. The second-order valence-corrected chi connectivity index (χ2v) is 35.1. The number of nitrogens with zero attached hydrogens (tertiary/aromatic N) is 1. The molecule has 4 unspecified atom stereocenters. The van der Waals surface area contributed by atoms with Crippen LogP contribution >= 0.6 is 23.5 Å². The Morgan fingerprint density at radius 1 is 0.614 bits per heavy atom. The zero-order chi connectivity index (χ0) is 83.4. The van der Waals surface area contributed by atoms with Crippen molar-refractivity contribution in [2.75, 3.05) is 37.8 Å². The van der Waals surface area contributed by atoms with Crippen LogP contribution in [0.25, 0.3) is 0 Å². The molecule has 6 aliphatic rings. The van der Waals surface area contributed by atoms with Crippen molar-refractivity contribution in [3.63, 3.8) is 0 Å². The number of nitrogens with two attached hydrogens (primary N) is 1. The Morgan fingerprint density at radius 3 is 1.65 bits per heavy atom. The molecule has 3 saturated heterocycles. The Balaban J connectivity index is 1.24. The van der Waals surface area contributed by atoms with Crippen LogP contribution in [0.15, 0.2) is 24.3 Å². The zero-order valence-corrected chi connectivity index (χ0v) is 68.6. The summed E-state index contributed by atoms with van der Waals surface area (Å²) in [6.07, 6.45) is 0.794. The van der Waals surface area contributed by atoms with E-state index in [9.17, 15) is 68.8 Å². The van der Waals surface area contributed by atoms with E-state index in [0.29, 0.717) is 94.8 Å². The number of benzene rings is 1. The summed E-state index contributed by atoms with van der Waals surface area (Å²) in [5.74, 6) is -11.2. The molecule has 36 heteroatoms. The monoisotopic (exact) mass is 1640 g/mol. The molecule has 1 aromatic rings. The quantitative estimate of drug-likeness (QED) is 0.0864. The lowest BCUT2D eigenvalue weighted by Gasteiger charge is -2.35. The number of aliphatic carboxylic acids is 1. The van der Waals surface area contributed by atoms with E-state index in [1.165, 1.54) is 37.4 Å². The van der Waals surface area contributed by atoms with Crippen molar-refractivity contribution in [1.29, 1.82) is 5.26 Å². The summed E-state index contributed by atoms with van der Waals surface area (Å²) < 4.78 is 0. The van der Waals surface area contributed by atoms with Gasteiger partial charge in [0.05, 0.1) is 37.0 Å². The lowest BCUT2D eigenvalue weighted by molar-refractivity contribution is -0.139. The molecule has 2 aliphatic carbocycles. The van der Waals surface area contributed by atoms with Crippen molar-refractivity contribution >= 4 is 100 Å². The van der Waals surface area contributed by atoms with Gasteiger partial charge in [-0.05, 0) is 176 Å². The van der Waals surface area contributed by atoms with Gasteiger partial charge in [-0.1, -0.05) is 71.7 Å². The van der Waals surface area contributed by atoms with Gasteiger partial charge in [-0.2, -0.15) is 28.8 Å². The SMILES string of the molecule is CCC[C@@H]1NC(=O)[C@H](CC2CNC3NCCCC23)NC(=O)[C@](C)(CC#N)NC(=O)[C@H](CC2CNCN2)NC(=O)[C@H](CC2CCC(O)CC2)NC(=O)[C@H](C(C)(C)C)NC(=O)CCSCc2cccc(c2)CSC[C@@H](C(N)=O)NC(=O)[C@H]([C@@H](C)O)NC(=O)[C@H](CCC)NC(=O)[C@H](CC2CCC(O)CC2)NC(=O)[C@H](CCC(=O)O)NC1=O. The first-order chi connectivity index (χ1) is 54.2. The molecule has 7 rings (SSSR count). The van der Waals surface area contributed by atoms with Crippen LogP contribution in [-0.2, 0) is 73.8 Å². The maximum absolute atomic E-state index is 15.3. The molecule has 0 radical (unpaired) electrons. The number of hydrogen-bond donors (Lipinski definition) is 20. The number of thioether (sulfide) groups is 2. The van der Waals surface area contributed by atoms with Gasteiger partial charge < -0.3 is 106 Å². The molecule has 2 saturated carbocycles. The third kappa shape index (κ3) is 29.4. The van der Waals surface area contributed by atoms with Crippen molar-refractivity contribution in [3.8, 4) is 6.07 Å². The Morgan fingerprint density at radius 2 is 1.13 bits per heavy atom. The maximum Gasteiger partial charge on any atom is 0.303 e. The average molecular weight is 1640 g/mol. The van der Waals surface area contributed by atoms with Crippen LogP contribution in [0.4, 0.5) is 0 Å². The Hall–Kier alpha value is -7.76. The highest BCUT2D eigenvalue weighted by molar-refractivity contribution is 7.98. The second-order valence-electron chi connectivity index (χ2n) is 33.0. The number of rotatable bonds is 18. The Labute approximate surface area is 676 Å². The molecule has 5 fully saturated rings. The summed E-state index contributed by atoms with van der Waals surface area (Å²) in [6, 6.07) is -5.18. The summed E-state index contributed by atoms with van der Waals surface area (Å²) in [5, 5.41) is 96.0. The zero-order valence-electron chi connectivity index (χ0n) is 66.9. The molecule has 4 heterocycles. The van der Waals surface area contributed by atoms with E-state index in [2.05, 4.69) is 79.8 Å². The van der Waals surface area contributed by atoms with Crippen LogP contribution in [0.2, 0.25) is 0 Å². The number of carbonyl (C=O) groups is 13. The minimum Gasteiger partial charge on any atom is -0.481 e. The predicted molar refractivity (Wildman–Crippen MR) is 427 cm³/mol. The first-order valence-electron chi connectivity index (χ1n) is 40.6. The molecule has 16 atom stereocenters. The average Bonchev–Trinajstić information content (AvgIpc) is 1.14. The highest BCUT2D eigenvalue weighted by Crippen LogP contribution is 2.34. The molecule has 0 spiro atoms. The Kier molecular flexibility index (Phi) is 37.4. The van der Waals surface area contributed by atoms with Crippen LogP contribution in [0.1, 0.15) is 201 Å². The minimum absolute atomic E-state index is 0.00463. The van der Waals surface area contributed by atoms with Gasteiger partial charge in [0.1, 0.15) is 66.0 Å². The van der Waals surface area contributed by atoms with Crippen molar-refractivity contribution in [3.05, 3.63) is 35.4 Å². The van der Waals surface area contributed by atoms with E-state index < -0.39 is 192 Å². The van der Waals surface area contributed by atoms with Crippen LogP contribution in [0.5, 0.6) is 0 Å². The molecule has 12 amide bonds. The van der Waals surface area contributed by atoms with Crippen LogP contribution in [0.3, 0.4) is 0 Å². The number of nitriles is 1. The summed E-state index contributed by atoms with van der Waals surface area (Å²) in [7, 11) is 0. The van der Waals surface area contributed by atoms with Crippen molar-refractivity contribution < 1.29 is 82.8 Å². The number of primary amides is 1. The third-order valence-electron chi connectivity index (χ3n) is 22.4. The van der Waals surface area contributed by atoms with E-state index >= 15 is 19.2 Å². The first-order valence-corrected chi connectivity index (χ1v) is 42.9. The van der Waals surface area contributed by atoms with Gasteiger partial charge in [0.2, 0.25) is 70.9 Å². The number of amides is 12. The Bertz CT molecular complexity index is 3490. The smallest absolute Gasteiger partial charge is 0.303 e. The first kappa shape index (κ1) is 93.4. The molecule has 0 aromatic heterocycles. The van der Waals surface area contributed by atoms with Crippen LogP contribution in [0, 0.1) is 40.4 Å². The molecular formula is C78H125N17O17S2. The van der Waals surface area contributed by atoms with Crippen LogP contribution < -0.4 is 85.5 Å². The van der Waals surface area contributed by atoms with Crippen molar-refractivity contribution in [1.82, 2.24) is 79.8 Å². The number of fused-ring (bicyclic) bond motifs is 3. The molecule has 4 aliphatic heterocycles. The molecule has 34 nitrogen and oxygen atoms in total. The number of aliphatic hydroxyl groups excluding tert-OH is 3. The molecule has 21 N–H and O–H groups in total. The fraction of sp³-hybridized carbons (Fsp3) is 0.744. The van der Waals surface area contributed by atoms with Crippen LogP contribution in [-0.4, -0.2) is 232 Å². The normalized spacial score (nSPS) is 32.6. The summed E-state index contributed by atoms with van der Waals surface area (Å²) in [5.41, 5.74) is 4.55. The van der Waals surface area contributed by atoms with E-state index in [0.717, 1.165) is 30.5 Å². The molecule has 636 valence electrons. The van der Waals surface area contributed by atoms with Gasteiger partial charge >= 0.3 is 5.97 Å². The maximum atomic E-state index is 15.3. The lowest BCUT2D eigenvalue weighted by Crippen LogP contribution is -2.65. The number of carboxylic acid groups (broad SMARTS) is 1. The van der Waals surface area contributed by atoms with E-state index in [1.807, 2.05) is 30.3 Å². The van der Waals surface area contributed by atoms with Gasteiger partial charge in [0.15, 0.2) is 0 Å². The van der Waals surface area contributed by atoms with Gasteiger partial charge in [-0.25, -0.2) is 0 Å². The predicted octanol–water partition coefficient (Wildman–Crippen LogP) is -0.703. The molecule has 1 aromatic carbocycles. The highest BCUT2D eigenvalue weighted by Gasteiger charge is 2.46. The number of piperidine rings is 1. The summed E-state index contributed by atoms with van der Waals surface area (Å²) in [4.78, 5) is 188. The van der Waals surface area contributed by atoms with Gasteiger partial charge in [0, 0.05) is 55.1 Å². The molecular weight excluding hydrogens is 1510 g/mol. The van der Waals surface area contributed by atoms with E-state index in [-0.39, 0.29) is 87.0 Å². The lowest BCUT2D eigenvalue weighted by atomic mass is 9.82.